The van der Waals surface area contributed by atoms with E-state index in [4.69, 9.17) is 5.73 Å². The van der Waals surface area contributed by atoms with Crippen molar-refractivity contribution in [3.63, 3.8) is 0 Å². The standard InChI is InChI=1S/C16H22N2O/c1-10(11-5-6-11)16(19)18-15-4-2-3-12-9-13(17)7-8-14(12)15/h7-11,15H,2-6,17H2,1H3,(H,18,19). The van der Waals surface area contributed by atoms with Gasteiger partial charge in [-0.15, -0.1) is 0 Å². The molecule has 1 saturated carbocycles. The van der Waals surface area contributed by atoms with Gasteiger partial charge in [0.1, 0.15) is 0 Å². The Kier molecular flexibility index (Phi) is 3.21. The number of amides is 1. The van der Waals surface area contributed by atoms with E-state index in [2.05, 4.69) is 24.4 Å². The van der Waals surface area contributed by atoms with Crippen LogP contribution in [0.3, 0.4) is 0 Å². The largest absolute Gasteiger partial charge is 0.399 e. The average Bonchev–Trinajstić information content (AvgIpc) is 3.22. The van der Waals surface area contributed by atoms with Gasteiger partial charge in [-0.2, -0.15) is 0 Å². The maximum absolute atomic E-state index is 12.2. The van der Waals surface area contributed by atoms with Crippen molar-refractivity contribution in [1.82, 2.24) is 5.32 Å². The second-order valence-corrected chi connectivity index (χ2v) is 6.04. The van der Waals surface area contributed by atoms with E-state index in [1.54, 1.807) is 0 Å². The normalized spacial score (nSPS) is 23.5. The lowest BCUT2D eigenvalue weighted by atomic mass is 9.87. The Balaban J connectivity index is 1.74. The number of nitrogens with two attached hydrogens (primary N) is 1. The second kappa shape index (κ2) is 4.87. The summed E-state index contributed by atoms with van der Waals surface area (Å²) in [4.78, 5) is 12.2. The highest BCUT2D eigenvalue weighted by molar-refractivity contribution is 5.79. The number of nitrogen functional groups attached to an aromatic ring is 1. The molecular formula is C16H22N2O. The minimum absolute atomic E-state index is 0.166. The first-order valence-electron chi connectivity index (χ1n) is 7.34. The van der Waals surface area contributed by atoms with Crippen LogP contribution < -0.4 is 11.1 Å². The number of nitrogens with one attached hydrogen (secondary N) is 1. The van der Waals surface area contributed by atoms with E-state index in [1.807, 2.05) is 6.07 Å². The average molecular weight is 258 g/mol. The minimum Gasteiger partial charge on any atom is -0.399 e. The van der Waals surface area contributed by atoms with E-state index in [-0.39, 0.29) is 17.9 Å². The van der Waals surface area contributed by atoms with E-state index >= 15 is 0 Å². The highest BCUT2D eigenvalue weighted by Gasteiger charge is 2.34. The van der Waals surface area contributed by atoms with Crippen molar-refractivity contribution in [3.8, 4) is 0 Å². The lowest BCUT2D eigenvalue weighted by molar-refractivity contribution is -0.126. The predicted molar refractivity (Wildman–Crippen MR) is 76.6 cm³/mol. The minimum atomic E-state index is 0.166. The number of rotatable bonds is 3. The summed E-state index contributed by atoms with van der Waals surface area (Å²) in [6.07, 6.45) is 5.67. The van der Waals surface area contributed by atoms with Gasteiger partial charge in [0, 0.05) is 11.6 Å². The maximum Gasteiger partial charge on any atom is 0.223 e. The van der Waals surface area contributed by atoms with Gasteiger partial charge in [-0.1, -0.05) is 13.0 Å². The van der Waals surface area contributed by atoms with Crippen molar-refractivity contribution in [3.05, 3.63) is 29.3 Å². The molecule has 3 rings (SSSR count). The molecule has 102 valence electrons. The maximum atomic E-state index is 12.2. The molecule has 2 aliphatic carbocycles. The molecular weight excluding hydrogens is 236 g/mol. The monoisotopic (exact) mass is 258 g/mol. The van der Waals surface area contributed by atoms with Crippen molar-refractivity contribution >= 4 is 11.6 Å². The molecule has 1 aromatic carbocycles. The first kappa shape index (κ1) is 12.5. The molecule has 0 saturated heterocycles. The van der Waals surface area contributed by atoms with Crippen LogP contribution in [0.4, 0.5) is 5.69 Å². The first-order chi connectivity index (χ1) is 9.15. The zero-order valence-electron chi connectivity index (χ0n) is 11.5. The third-order valence-corrected chi connectivity index (χ3v) is 4.54. The molecule has 0 aromatic heterocycles. The molecule has 2 unspecified atom stereocenters. The number of hydrogen-bond donors (Lipinski definition) is 2. The molecule has 0 bridgehead atoms. The van der Waals surface area contributed by atoms with E-state index < -0.39 is 0 Å². The van der Waals surface area contributed by atoms with E-state index in [1.165, 1.54) is 24.0 Å². The Morgan fingerprint density at radius 2 is 2.16 bits per heavy atom. The van der Waals surface area contributed by atoms with Crippen LogP contribution in [0.15, 0.2) is 18.2 Å². The molecule has 1 fully saturated rings. The van der Waals surface area contributed by atoms with Crippen molar-refractivity contribution in [2.24, 2.45) is 11.8 Å². The number of fused-ring (bicyclic) bond motifs is 1. The molecule has 1 amide bonds. The van der Waals surface area contributed by atoms with Gasteiger partial charge in [0.25, 0.3) is 0 Å². The smallest absolute Gasteiger partial charge is 0.223 e. The van der Waals surface area contributed by atoms with Crippen LogP contribution in [0.25, 0.3) is 0 Å². The number of hydrogen-bond acceptors (Lipinski definition) is 2. The summed E-state index contributed by atoms with van der Waals surface area (Å²) in [5.74, 6) is 1.01. The predicted octanol–water partition coefficient (Wildman–Crippen LogP) is 2.81. The molecule has 0 spiro atoms. The first-order valence-corrected chi connectivity index (χ1v) is 7.34. The Hall–Kier alpha value is -1.51. The Morgan fingerprint density at radius 1 is 1.37 bits per heavy atom. The number of anilines is 1. The lowest BCUT2D eigenvalue weighted by Gasteiger charge is -2.27. The molecule has 3 heteroatoms. The van der Waals surface area contributed by atoms with Gasteiger partial charge in [-0.25, -0.2) is 0 Å². The zero-order chi connectivity index (χ0) is 13.4. The third kappa shape index (κ3) is 2.60. The summed E-state index contributed by atoms with van der Waals surface area (Å²) in [6, 6.07) is 6.25. The fraction of sp³-hybridized carbons (Fsp3) is 0.562. The topological polar surface area (TPSA) is 55.1 Å². The van der Waals surface area contributed by atoms with Gasteiger partial charge < -0.3 is 11.1 Å². The third-order valence-electron chi connectivity index (χ3n) is 4.54. The number of carbonyl (C=O) groups excluding carboxylic acids is 1. The molecule has 3 N–H and O–H groups in total. The highest BCUT2D eigenvalue weighted by atomic mass is 16.1. The van der Waals surface area contributed by atoms with E-state index in [0.717, 1.165) is 24.9 Å². The summed E-state index contributed by atoms with van der Waals surface area (Å²) < 4.78 is 0. The van der Waals surface area contributed by atoms with Crippen molar-refractivity contribution < 1.29 is 4.79 Å². The molecule has 0 aliphatic heterocycles. The fourth-order valence-electron chi connectivity index (χ4n) is 3.10. The summed E-state index contributed by atoms with van der Waals surface area (Å²) in [5, 5.41) is 3.24. The van der Waals surface area contributed by atoms with Crippen molar-refractivity contribution in [2.75, 3.05) is 5.73 Å². The second-order valence-electron chi connectivity index (χ2n) is 6.04. The molecule has 0 radical (unpaired) electrons. The van der Waals surface area contributed by atoms with Crippen LogP contribution in [0.1, 0.15) is 49.8 Å². The van der Waals surface area contributed by atoms with Gasteiger partial charge in [0.05, 0.1) is 6.04 Å². The Labute approximate surface area is 114 Å². The van der Waals surface area contributed by atoms with E-state index in [0.29, 0.717) is 5.92 Å². The van der Waals surface area contributed by atoms with Crippen molar-refractivity contribution in [1.29, 1.82) is 0 Å². The van der Waals surface area contributed by atoms with Gasteiger partial charge in [0.15, 0.2) is 0 Å². The number of aryl methyl sites for hydroxylation is 1. The van der Waals surface area contributed by atoms with Crippen LogP contribution in [0, 0.1) is 11.8 Å². The molecule has 2 atom stereocenters. The Morgan fingerprint density at radius 3 is 2.89 bits per heavy atom. The van der Waals surface area contributed by atoms with E-state index in [9.17, 15) is 4.79 Å². The molecule has 2 aliphatic rings. The number of carbonyl (C=O) groups is 1. The quantitative estimate of drug-likeness (QED) is 0.819. The molecule has 3 nitrogen and oxygen atoms in total. The van der Waals surface area contributed by atoms with Crippen LogP contribution >= 0.6 is 0 Å². The van der Waals surface area contributed by atoms with Crippen LogP contribution in [0.5, 0.6) is 0 Å². The molecule has 0 heterocycles. The van der Waals surface area contributed by atoms with Crippen LogP contribution in [-0.2, 0) is 11.2 Å². The fourth-order valence-corrected chi connectivity index (χ4v) is 3.10. The lowest BCUT2D eigenvalue weighted by Crippen LogP contribution is -2.35. The SMILES string of the molecule is CC(C(=O)NC1CCCc2cc(N)ccc21)C1CC1. The highest BCUT2D eigenvalue weighted by Crippen LogP contribution is 2.37. The van der Waals surface area contributed by atoms with Gasteiger partial charge in [-0.05, 0) is 61.3 Å². The zero-order valence-corrected chi connectivity index (χ0v) is 11.5. The van der Waals surface area contributed by atoms with Gasteiger partial charge in [-0.3, -0.25) is 4.79 Å². The molecule has 19 heavy (non-hydrogen) atoms. The summed E-state index contributed by atoms with van der Waals surface area (Å²) >= 11 is 0. The Bertz CT molecular complexity index is 494. The van der Waals surface area contributed by atoms with Crippen LogP contribution in [0.2, 0.25) is 0 Å². The summed E-state index contributed by atoms with van der Waals surface area (Å²) in [7, 11) is 0. The summed E-state index contributed by atoms with van der Waals surface area (Å²) in [5.41, 5.74) is 9.22. The summed E-state index contributed by atoms with van der Waals surface area (Å²) in [6.45, 7) is 2.06. The molecule has 1 aromatic rings. The van der Waals surface area contributed by atoms with Gasteiger partial charge >= 0.3 is 0 Å². The van der Waals surface area contributed by atoms with Crippen molar-refractivity contribution in [2.45, 2.75) is 45.1 Å². The number of benzene rings is 1. The van der Waals surface area contributed by atoms with Gasteiger partial charge in [0.2, 0.25) is 5.91 Å². The van der Waals surface area contributed by atoms with Crippen LogP contribution in [-0.4, -0.2) is 5.91 Å².